The molecule has 4 rings (SSSR count). The van der Waals surface area contributed by atoms with Gasteiger partial charge in [-0.25, -0.2) is 0 Å². The minimum absolute atomic E-state index is 0.119. The van der Waals surface area contributed by atoms with E-state index in [2.05, 4.69) is 5.18 Å². The molecule has 0 heterocycles. The first-order valence-corrected chi connectivity index (χ1v) is 9.52. The van der Waals surface area contributed by atoms with Crippen LogP contribution in [0.5, 0.6) is 0 Å². The molecule has 5 heteroatoms. The lowest BCUT2D eigenvalue weighted by molar-refractivity contribution is 0.425. The number of hydrogen-bond donors (Lipinski definition) is 2. The summed E-state index contributed by atoms with van der Waals surface area (Å²) in [6, 6.07) is 27.3. The van der Waals surface area contributed by atoms with Crippen LogP contribution in [-0.2, 0) is 12.8 Å². The van der Waals surface area contributed by atoms with Crippen LogP contribution in [-0.4, -0.2) is 17.2 Å². The van der Waals surface area contributed by atoms with E-state index in [-0.39, 0.29) is 11.2 Å². The van der Waals surface area contributed by atoms with Crippen LogP contribution in [0.15, 0.2) is 90.1 Å². The molecule has 29 heavy (non-hydrogen) atoms. The molecule has 0 atom stereocenters. The van der Waals surface area contributed by atoms with Crippen molar-refractivity contribution < 1.29 is 10.0 Å². The van der Waals surface area contributed by atoms with Gasteiger partial charge in [0.15, 0.2) is 0 Å². The molecule has 4 aromatic rings. The molecule has 0 fully saturated rings. The average Bonchev–Trinajstić information content (AvgIpc) is 2.76. The quantitative estimate of drug-likeness (QED) is 0.390. The highest BCUT2D eigenvalue weighted by Gasteiger charge is 2.27. The highest BCUT2D eigenvalue weighted by Crippen LogP contribution is 2.33. The normalized spacial score (nSPS) is 10.8. The molecule has 0 aliphatic rings. The van der Waals surface area contributed by atoms with E-state index in [1.54, 1.807) is 0 Å². The third kappa shape index (κ3) is 3.83. The van der Waals surface area contributed by atoms with Crippen molar-refractivity contribution in [3.05, 3.63) is 112 Å². The van der Waals surface area contributed by atoms with Gasteiger partial charge in [0.1, 0.15) is 5.69 Å². The number of hydrogen-bond acceptors (Lipinski definition) is 4. The molecular formula is C24H20BNO3. The largest absolute Gasteiger partial charge is 0.491 e. The Bertz CT molecular complexity index is 1150. The second-order valence-electron chi connectivity index (χ2n) is 7.05. The summed E-state index contributed by atoms with van der Waals surface area (Å²) in [5.74, 6) is 0. The Labute approximate surface area is 169 Å². The third-order valence-corrected chi connectivity index (χ3v) is 5.24. The molecule has 0 saturated carbocycles. The van der Waals surface area contributed by atoms with Crippen molar-refractivity contribution >= 4 is 29.0 Å². The Hall–Kier alpha value is -3.28. The smallest absolute Gasteiger partial charge is 0.423 e. The number of nitrogens with zero attached hydrogens (tertiary/aromatic N) is 1. The first-order chi connectivity index (χ1) is 14.2. The molecule has 0 radical (unpaired) electrons. The number of nitroso groups, excluding NO2 is 1. The van der Waals surface area contributed by atoms with Crippen LogP contribution in [0.4, 0.5) is 5.69 Å². The SMILES string of the molecule is O=Nc1c(B(O)O)c(Cc2ccccc2)c2ccccc2c1Cc1ccccc1. The van der Waals surface area contributed by atoms with Gasteiger partial charge >= 0.3 is 7.12 Å². The molecular weight excluding hydrogens is 361 g/mol. The lowest BCUT2D eigenvalue weighted by Crippen LogP contribution is -2.34. The summed E-state index contributed by atoms with van der Waals surface area (Å²) in [5.41, 5.74) is 3.78. The Morgan fingerprint density at radius 3 is 1.59 bits per heavy atom. The van der Waals surface area contributed by atoms with Crippen LogP contribution in [0.2, 0.25) is 0 Å². The van der Waals surface area contributed by atoms with Crippen molar-refractivity contribution in [3.8, 4) is 0 Å². The summed E-state index contributed by atoms with van der Waals surface area (Å²) >= 11 is 0. The van der Waals surface area contributed by atoms with Gasteiger partial charge in [0.25, 0.3) is 0 Å². The molecule has 0 aliphatic heterocycles. The van der Waals surface area contributed by atoms with Gasteiger partial charge in [-0.3, -0.25) is 0 Å². The van der Waals surface area contributed by atoms with Gasteiger partial charge in [-0.1, -0.05) is 84.9 Å². The fraction of sp³-hybridized carbons (Fsp3) is 0.0833. The summed E-state index contributed by atoms with van der Waals surface area (Å²) in [6.07, 6.45) is 0.955. The standard InChI is InChI=1S/C24H20BNO3/c27-25(28)23-21(15-17-9-3-1-4-10-17)19-13-7-8-14-20(19)22(24(23)26-29)16-18-11-5-2-6-12-18/h1-14,27-28H,15-16H2. The van der Waals surface area contributed by atoms with Crippen LogP contribution in [0.3, 0.4) is 0 Å². The Morgan fingerprint density at radius 2 is 1.10 bits per heavy atom. The fourth-order valence-electron chi connectivity index (χ4n) is 3.94. The van der Waals surface area contributed by atoms with Gasteiger partial charge in [0.05, 0.1) is 0 Å². The van der Waals surface area contributed by atoms with E-state index in [9.17, 15) is 15.0 Å². The van der Waals surface area contributed by atoms with Crippen molar-refractivity contribution in [2.75, 3.05) is 0 Å². The Kier molecular flexibility index (Phi) is 5.51. The van der Waals surface area contributed by atoms with Crippen LogP contribution >= 0.6 is 0 Å². The zero-order valence-electron chi connectivity index (χ0n) is 15.8. The van der Waals surface area contributed by atoms with Crippen LogP contribution < -0.4 is 5.46 Å². The number of fused-ring (bicyclic) bond motifs is 1. The second kappa shape index (κ2) is 8.39. The summed E-state index contributed by atoms with van der Waals surface area (Å²) in [4.78, 5) is 11.9. The van der Waals surface area contributed by atoms with Crippen molar-refractivity contribution in [1.29, 1.82) is 0 Å². The van der Waals surface area contributed by atoms with E-state index >= 15 is 0 Å². The van der Waals surface area contributed by atoms with Crippen LogP contribution in [0.1, 0.15) is 22.3 Å². The van der Waals surface area contributed by atoms with E-state index in [0.717, 1.165) is 21.9 Å². The molecule has 0 amide bonds. The maximum atomic E-state index is 11.9. The predicted molar refractivity (Wildman–Crippen MR) is 118 cm³/mol. The summed E-state index contributed by atoms with van der Waals surface area (Å²) in [7, 11) is -1.79. The molecule has 142 valence electrons. The highest BCUT2D eigenvalue weighted by molar-refractivity contribution is 6.61. The van der Waals surface area contributed by atoms with Crippen molar-refractivity contribution in [3.63, 3.8) is 0 Å². The number of benzene rings is 4. The summed E-state index contributed by atoms with van der Waals surface area (Å²) < 4.78 is 0. The third-order valence-electron chi connectivity index (χ3n) is 5.24. The fourth-order valence-corrected chi connectivity index (χ4v) is 3.94. The molecule has 4 aromatic carbocycles. The zero-order valence-corrected chi connectivity index (χ0v) is 15.8. The lowest BCUT2D eigenvalue weighted by Gasteiger charge is -2.19. The van der Waals surface area contributed by atoms with Gasteiger partial charge in [-0.15, -0.1) is 4.91 Å². The van der Waals surface area contributed by atoms with Gasteiger partial charge in [0, 0.05) is 11.9 Å². The van der Waals surface area contributed by atoms with Crippen LogP contribution in [0.25, 0.3) is 10.8 Å². The van der Waals surface area contributed by atoms with Crippen molar-refractivity contribution in [2.24, 2.45) is 5.18 Å². The predicted octanol–water partition coefficient (Wildman–Crippen LogP) is 4.10. The van der Waals surface area contributed by atoms with E-state index in [4.69, 9.17) is 0 Å². The van der Waals surface area contributed by atoms with Crippen LogP contribution in [0, 0.1) is 4.91 Å². The van der Waals surface area contributed by atoms with Gasteiger partial charge in [0.2, 0.25) is 0 Å². The molecule has 4 nitrogen and oxygen atoms in total. The van der Waals surface area contributed by atoms with Crippen molar-refractivity contribution in [1.82, 2.24) is 0 Å². The van der Waals surface area contributed by atoms with Crippen molar-refractivity contribution in [2.45, 2.75) is 12.8 Å². The topological polar surface area (TPSA) is 69.9 Å². The average molecular weight is 381 g/mol. The maximum absolute atomic E-state index is 11.9. The maximum Gasteiger partial charge on any atom is 0.491 e. The highest BCUT2D eigenvalue weighted by atomic mass is 16.4. The Morgan fingerprint density at radius 1 is 0.655 bits per heavy atom. The molecule has 0 unspecified atom stereocenters. The van der Waals surface area contributed by atoms with E-state index in [1.807, 2.05) is 84.9 Å². The minimum atomic E-state index is -1.79. The summed E-state index contributed by atoms with van der Waals surface area (Å²) in [5, 5.41) is 25.5. The Balaban J connectivity index is 1.99. The molecule has 0 aromatic heterocycles. The van der Waals surface area contributed by atoms with E-state index in [1.165, 1.54) is 0 Å². The van der Waals surface area contributed by atoms with Gasteiger partial charge < -0.3 is 10.0 Å². The van der Waals surface area contributed by atoms with Gasteiger partial charge in [-0.2, -0.15) is 0 Å². The second-order valence-corrected chi connectivity index (χ2v) is 7.05. The molecule has 0 spiro atoms. The minimum Gasteiger partial charge on any atom is -0.423 e. The first-order valence-electron chi connectivity index (χ1n) is 9.52. The lowest BCUT2D eigenvalue weighted by atomic mass is 9.71. The summed E-state index contributed by atoms with van der Waals surface area (Å²) in [6.45, 7) is 0. The zero-order chi connectivity index (χ0) is 20.2. The first kappa shape index (κ1) is 19.1. The molecule has 0 saturated heterocycles. The van der Waals surface area contributed by atoms with E-state index < -0.39 is 7.12 Å². The monoisotopic (exact) mass is 381 g/mol. The molecule has 2 N–H and O–H groups in total. The number of rotatable bonds is 6. The molecule has 0 bridgehead atoms. The van der Waals surface area contributed by atoms with E-state index in [0.29, 0.717) is 24.0 Å². The van der Waals surface area contributed by atoms with Gasteiger partial charge in [-0.05, 0) is 44.6 Å². The molecule has 0 aliphatic carbocycles.